The molecule has 0 aromatic heterocycles. The van der Waals surface area contributed by atoms with Gasteiger partial charge in [-0.05, 0) is 39.2 Å². The van der Waals surface area contributed by atoms with E-state index in [0.717, 1.165) is 30.6 Å². The van der Waals surface area contributed by atoms with Crippen molar-refractivity contribution in [3.63, 3.8) is 0 Å². The zero-order valence-corrected chi connectivity index (χ0v) is 13.1. The van der Waals surface area contributed by atoms with E-state index in [-0.39, 0.29) is 24.2 Å². The van der Waals surface area contributed by atoms with Crippen LogP contribution < -0.4 is 10.1 Å². The third-order valence-corrected chi connectivity index (χ3v) is 3.60. The monoisotopic (exact) mass is 291 g/mol. The van der Waals surface area contributed by atoms with Gasteiger partial charge >= 0.3 is 0 Å². The molecular formula is C17H25NO3. The van der Waals surface area contributed by atoms with E-state index in [4.69, 9.17) is 9.47 Å². The molecule has 1 aliphatic rings. The molecule has 2 atom stereocenters. The zero-order valence-electron chi connectivity index (χ0n) is 13.1. The molecule has 1 aromatic rings. The Balaban J connectivity index is 2.11. The van der Waals surface area contributed by atoms with Crippen molar-refractivity contribution >= 4 is 5.91 Å². The maximum atomic E-state index is 12.2. The van der Waals surface area contributed by atoms with Crippen LogP contribution in [-0.2, 0) is 9.53 Å². The molecule has 0 saturated carbocycles. The molecule has 1 aliphatic heterocycles. The van der Waals surface area contributed by atoms with Crippen LogP contribution in [0.15, 0.2) is 24.3 Å². The van der Waals surface area contributed by atoms with Crippen LogP contribution in [0, 0.1) is 0 Å². The summed E-state index contributed by atoms with van der Waals surface area (Å²) in [6.45, 7) is 6.75. The topological polar surface area (TPSA) is 47.6 Å². The summed E-state index contributed by atoms with van der Waals surface area (Å²) >= 11 is 0. The fraction of sp³-hybridized carbons (Fsp3) is 0.588. The number of hydrogen-bond donors (Lipinski definition) is 1. The smallest absolute Gasteiger partial charge is 0.249 e. The molecule has 0 radical (unpaired) electrons. The summed E-state index contributed by atoms with van der Waals surface area (Å²) in [5.74, 6) is 0.825. The van der Waals surface area contributed by atoms with Crippen molar-refractivity contribution in [1.29, 1.82) is 0 Å². The number of hydrogen-bond acceptors (Lipinski definition) is 3. The predicted molar refractivity (Wildman–Crippen MR) is 82.4 cm³/mol. The van der Waals surface area contributed by atoms with Gasteiger partial charge in [-0.2, -0.15) is 0 Å². The van der Waals surface area contributed by atoms with Gasteiger partial charge in [-0.25, -0.2) is 0 Å². The maximum absolute atomic E-state index is 12.2. The number of rotatable bonds is 6. The highest BCUT2D eigenvalue weighted by Crippen LogP contribution is 2.28. The van der Waals surface area contributed by atoms with Gasteiger partial charge in [0.15, 0.2) is 0 Å². The summed E-state index contributed by atoms with van der Waals surface area (Å²) in [6, 6.07) is 7.86. The quantitative estimate of drug-likeness (QED) is 0.875. The molecule has 4 heteroatoms. The molecule has 1 fully saturated rings. The molecule has 1 aromatic carbocycles. The number of ether oxygens (including phenoxy) is 2. The molecule has 21 heavy (non-hydrogen) atoms. The molecule has 4 nitrogen and oxygen atoms in total. The summed E-state index contributed by atoms with van der Waals surface area (Å²) < 4.78 is 11.3. The van der Waals surface area contributed by atoms with Crippen molar-refractivity contribution in [2.24, 2.45) is 0 Å². The third kappa shape index (κ3) is 4.21. The molecule has 2 rings (SSSR count). The lowest BCUT2D eigenvalue weighted by Gasteiger charge is -2.23. The van der Waals surface area contributed by atoms with Crippen LogP contribution in [0.1, 0.15) is 51.6 Å². The van der Waals surface area contributed by atoms with E-state index in [9.17, 15) is 4.79 Å². The lowest BCUT2D eigenvalue weighted by molar-refractivity contribution is -0.130. The summed E-state index contributed by atoms with van der Waals surface area (Å²) in [5.41, 5.74) is 1.03. The Labute approximate surface area is 126 Å². The van der Waals surface area contributed by atoms with E-state index >= 15 is 0 Å². The second kappa shape index (κ2) is 7.46. The third-order valence-electron chi connectivity index (χ3n) is 3.60. The SMILES string of the molecule is CC[C@H](NC(=O)[C@H]1CCCO1)c1ccccc1OC(C)C. The minimum atomic E-state index is -0.294. The average molecular weight is 291 g/mol. The second-order valence-corrected chi connectivity index (χ2v) is 5.68. The Kier molecular flexibility index (Phi) is 5.62. The van der Waals surface area contributed by atoms with Crippen molar-refractivity contribution in [3.05, 3.63) is 29.8 Å². The highest BCUT2D eigenvalue weighted by atomic mass is 16.5. The first-order chi connectivity index (χ1) is 10.1. The van der Waals surface area contributed by atoms with Gasteiger partial charge in [0.2, 0.25) is 5.91 Å². The number of nitrogens with one attached hydrogen (secondary N) is 1. The fourth-order valence-electron chi connectivity index (χ4n) is 2.58. The standard InChI is InChI=1S/C17H25NO3/c1-4-14(18-17(19)16-10-7-11-20-16)13-8-5-6-9-15(13)21-12(2)3/h5-6,8-9,12,14,16H,4,7,10-11H2,1-3H3,(H,18,19)/t14-,16+/m0/s1. The predicted octanol–water partition coefficient (Wildman–Crippen LogP) is 3.22. The number of carbonyl (C=O) groups excluding carboxylic acids is 1. The van der Waals surface area contributed by atoms with Crippen molar-refractivity contribution < 1.29 is 14.3 Å². The first-order valence-corrected chi connectivity index (χ1v) is 7.79. The molecule has 1 amide bonds. The first kappa shape index (κ1) is 15.8. The Hall–Kier alpha value is -1.55. The molecular weight excluding hydrogens is 266 g/mol. The lowest BCUT2D eigenvalue weighted by Crippen LogP contribution is -2.36. The largest absolute Gasteiger partial charge is 0.491 e. The van der Waals surface area contributed by atoms with Crippen molar-refractivity contribution in [1.82, 2.24) is 5.32 Å². The van der Waals surface area contributed by atoms with Crippen molar-refractivity contribution in [2.75, 3.05) is 6.61 Å². The Bertz CT molecular complexity index is 467. The molecule has 0 spiro atoms. The van der Waals surface area contributed by atoms with Crippen LogP contribution in [0.25, 0.3) is 0 Å². The molecule has 0 bridgehead atoms. The van der Waals surface area contributed by atoms with Gasteiger partial charge in [0.05, 0.1) is 12.1 Å². The second-order valence-electron chi connectivity index (χ2n) is 5.68. The van der Waals surface area contributed by atoms with Crippen LogP contribution >= 0.6 is 0 Å². The summed E-state index contributed by atoms with van der Waals surface area (Å²) in [4.78, 5) is 12.2. The van der Waals surface area contributed by atoms with E-state index in [1.165, 1.54) is 0 Å². The van der Waals surface area contributed by atoms with Crippen LogP contribution in [0.4, 0.5) is 0 Å². The van der Waals surface area contributed by atoms with Crippen molar-refractivity contribution in [3.8, 4) is 5.75 Å². The maximum Gasteiger partial charge on any atom is 0.249 e. The van der Waals surface area contributed by atoms with Gasteiger partial charge in [0.1, 0.15) is 11.9 Å². The molecule has 0 aliphatic carbocycles. The summed E-state index contributed by atoms with van der Waals surface area (Å²) in [5, 5.41) is 3.09. The normalized spacial score (nSPS) is 19.5. The Morgan fingerprint density at radius 3 is 2.81 bits per heavy atom. The zero-order chi connectivity index (χ0) is 15.2. The van der Waals surface area contributed by atoms with Gasteiger partial charge in [0.25, 0.3) is 0 Å². The van der Waals surface area contributed by atoms with Crippen LogP contribution in [0.3, 0.4) is 0 Å². The highest BCUT2D eigenvalue weighted by molar-refractivity contribution is 5.81. The van der Waals surface area contributed by atoms with E-state index < -0.39 is 0 Å². The Morgan fingerprint density at radius 2 is 2.19 bits per heavy atom. The number of para-hydroxylation sites is 1. The Morgan fingerprint density at radius 1 is 1.43 bits per heavy atom. The average Bonchev–Trinajstić information content (AvgIpc) is 2.99. The van der Waals surface area contributed by atoms with Gasteiger partial charge in [-0.3, -0.25) is 4.79 Å². The lowest BCUT2D eigenvalue weighted by atomic mass is 10.0. The van der Waals surface area contributed by atoms with E-state index in [1.807, 2.05) is 38.1 Å². The van der Waals surface area contributed by atoms with E-state index in [1.54, 1.807) is 0 Å². The first-order valence-electron chi connectivity index (χ1n) is 7.79. The van der Waals surface area contributed by atoms with Crippen LogP contribution in [0.5, 0.6) is 5.75 Å². The van der Waals surface area contributed by atoms with Gasteiger partial charge < -0.3 is 14.8 Å². The number of carbonyl (C=O) groups is 1. The van der Waals surface area contributed by atoms with Gasteiger partial charge in [0, 0.05) is 12.2 Å². The molecule has 1 N–H and O–H groups in total. The van der Waals surface area contributed by atoms with Crippen LogP contribution in [-0.4, -0.2) is 24.7 Å². The minimum absolute atomic E-state index is 0.0151. The summed E-state index contributed by atoms with van der Waals surface area (Å²) in [7, 11) is 0. The van der Waals surface area contributed by atoms with Gasteiger partial charge in [-0.15, -0.1) is 0 Å². The highest BCUT2D eigenvalue weighted by Gasteiger charge is 2.26. The number of amides is 1. The molecule has 1 saturated heterocycles. The fourth-order valence-corrected chi connectivity index (χ4v) is 2.58. The number of benzene rings is 1. The molecule has 1 heterocycles. The van der Waals surface area contributed by atoms with E-state index in [0.29, 0.717) is 6.61 Å². The van der Waals surface area contributed by atoms with Gasteiger partial charge in [-0.1, -0.05) is 25.1 Å². The van der Waals surface area contributed by atoms with Crippen molar-refractivity contribution in [2.45, 2.75) is 58.3 Å². The molecule has 0 unspecified atom stereocenters. The molecule has 116 valence electrons. The van der Waals surface area contributed by atoms with Crippen LogP contribution in [0.2, 0.25) is 0 Å². The minimum Gasteiger partial charge on any atom is -0.491 e. The summed E-state index contributed by atoms with van der Waals surface area (Å²) in [6.07, 6.45) is 2.40. The van der Waals surface area contributed by atoms with E-state index in [2.05, 4.69) is 12.2 Å².